The Kier molecular flexibility index (Phi) is 2.94. The molecule has 0 atom stereocenters. The molecule has 1 heterocycles. The van der Waals surface area contributed by atoms with Crippen molar-refractivity contribution in [3.05, 3.63) is 22.2 Å². The normalized spacial score (nSPS) is 18.4. The fraction of sp³-hybridized carbons (Fsp3) is 0.462. The SMILES string of the molecule is Cc1cc(Br)cc2c1N(C)C(=O)C(C)(C)CN2. The molecule has 0 saturated heterocycles. The molecule has 17 heavy (non-hydrogen) atoms. The molecule has 3 nitrogen and oxygen atoms in total. The van der Waals surface area contributed by atoms with Gasteiger partial charge in [0.15, 0.2) is 0 Å². The summed E-state index contributed by atoms with van der Waals surface area (Å²) >= 11 is 3.49. The van der Waals surface area contributed by atoms with Crippen molar-refractivity contribution in [3.63, 3.8) is 0 Å². The second-order valence-corrected chi connectivity index (χ2v) is 6.14. The molecule has 0 unspecified atom stereocenters. The minimum absolute atomic E-state index is 0.147. The lowest BCUT2D eigenvalue weighted by atomic mass is 9.92. The maximum Gasteiger partial charge on any atom is 0.234 e. The van der Waals surface area contributed by atoms with Crippen LogP contribution in [-0.4, -0.2) is 19.5 Å². The molecule has 0 spiro atoms. The number of amides is 1. The van der Waals surface area contributed by atoms with E-state index >= 15 is 0 Å². The summed E-state index contributed by atoms with van der Waals surface area (Å²) in [5.74, 6) is 0.147. The Bertz CT molecular complexity index is 483. The number of carbonyl (C=O) groups excluding carboxylic acids is 1. The molecule has 1 aliphatic rings. The van der Waals surface area contributed by atoms with Crippen LogP contribution in [0.25, 0.3) is 0 Å². The van der Waals surface area contributed by atoms with Gasteiger partial charge < -0.3 is 10.2 Å². The summed E-state index contributed by atoms with van der Waals surface area (Å²) in [6, 6.07) is 4.05. The Morgan fingerprint density at radius 3 is 2.71 bits per heavy atom. The van der Waals surface area contributed by atoms with Gasteiger partial charge in [-0.15, -0.1) is 0 Å². The lowest BCUT2D eigenvalue weighted by molar-refractivity contribution is -0.125. The number of halogens is 1. The van der Waals surface area contributed by atoms with Crippen molar-refractivity contribution in [2.45, 2.75) is 20.8 Å². The van der Waals surface area contributed by atoms with Crippen molar-refractivity contribution < 1.29 is 4.79 Å². The molecule has 4 heteroatoms. The number of fused-ring (bicyclic) bond motifs is 1. The van der Waals surface area contributed by atoms with Gasteiger partial charge in [-0.25, -0.2) is 0 Å². The highest BCUT2D eigenvalue weighted by Crippen LogP contribution is 2.37. The standard InChI is InChI=1S/C13H17BrN2O/c1-8-5-9(14)6-10-11(8)16(4)12(17)13(2,3)7-15-10/h5-6,15H,7H2,1-4H3. The summed E-state index contributed by atoms with van der Waals surface area (Å²) in [4.78, 5) is 14.1. The second kappa shape index (κ2) is 4.02. The Morgan fingerprint density at radius 1 is 1.41 bits per heavy atom. The molecule has 1 aromatic rings. The van der Waals surface area contributed by atoms with E-state index in [0.717, 1.165) is 21.4 Å². The van der Waals surface area contributed by atoms with Crippen LogP contribution in [0.5, 0.6) is 0 Å². The fourth-order valence-electron chi connectivity index (χ4n) is 2.26. The number of rotatable bonds is 0. The molecule has 92 valence electrons. The summed E-state index contributed by atoms with van der Waals surface area (Å²) in [6.07, 6.45) is 0. The second-order valence-electron chi connectivity index (χ2n) is 5.22. The van der Waals surface area contributed by atoms with Crippen LogP contribution in [-0.2, 0) is 4.79 Å². The predicted octanol–water partition coefficient (Wildman–Crippen LogP) is 3.17. The van der Waals surface area contributed by atoms with E-state index in [0.29, 0.717) is 6.54 Å². The monoisotopic (exact) mass is 296 g/mol. The highest BCUT2D eigenvalue weighted by molar-refractivity contribution is 9.10. The summed E-state index contributed by atoms with van der Waals surface area (Å²) in [6.45, 7) is 6.61. The summed E-state index contributed by atoms with van der Waals surface area (Å²) < 4.78 is 1.03. The van der Waals surface area contributed by atoms with Crippen LogP contribution >= 0.6 is 15.9 Å². The maximum atomic E-state index is 12.3. The minimum atomic E-state index is -0.382. The van der Waals surface area contributed by atoms with Gasteiger partial charge in [0, 0.05) is 18.1 Å². The molecule has 0 fully saturated rings. The van der Waals surface area contributed by atoms with Gasteiger partial charge in [-0.1, -0.05) is 15.9 Å². The first kappa shape index (κ1) is 12.4. The number of hydrogen-bond acceptors (Lipinski definition) is 2. The van der Waals surface area contributed by atoms with Crippen LogP contribution < -0.4 is 10.2 Å². The van der Waals surface area contributed by atoms with Crippen LogP contribution in [0.4, 0.5) is 11.4 Å². The van der Waals surface area contributed by atoms with E-state index in [1.165, 1.54) is 0 Å². The number of nitrogens with one attached hydrogen (secondary N) is 1. The van der Waals surface area contributed by atoms with Gasteiger partial charge >= 0.3 is 0 Å². The largest absolute Gasteiger partial charge is 0.382 e. The number of anilines is 2. The molecule has 0 aliphatic carbocycles. The van der Waals surface area contributed by atoms with Crippen LogP contribution in [0.2, 0.25) is 0 Å². The summed E-state index contributed by atoms with van der Waals surface area (Å²) in [5, 5.41) is 3.37. The van der Waals surface area contributed by atoms with E-state index < -0.39 is 0 Å². The summed E-state index contributed by atoms with van der Waals surface area (Å²) in [5.41, 5.74) is 2.70. The van der Waals surface area contributed by atoms with Crippen molar-refractivity contribution in [2.24, 2.45) is 5.41 Å². The van der Waals surface area contributed by atoms with E-state index in [1.54, 1.807) is 4.90 Å². The van der Waals surface area contributed by atoms with Crippen molar-refractivity contribution in [1.29, 1.82) is 0 Å². The van der Waals surface area contributed by atoms with Crippen molar-refractivity contribution in [2.75, 3.05) is 23.8 Å². The summed E-state index contributed by atoms with van der Waals surface area (Å²) in [7, 11) is 1.84. The third-order valence-electron chi connectivity index (χ3n) is 3.21. The minimum Gasteiger partial charge on any atom is -0.382 e. The first-order chi connectivity index (χ1) is 7.83. The molecule has 1 N–H and O–H groups in total. The zero-order valence-corrected chi connectivity index (χ0v) is 12.2. The molecule has 1 aromatic carbocycles. The van der Waals surface area contributed by atoms with Crippen molar-refractivity contribution in [3.8, 4) is 0 Å². The van der Waals surface area contributed by atoms with Crippen LogP contribution in [0.3, 0.4) is 0 Å². The molecule has 2 rings (SSSR count). The van der Waals surface area contributed by atoms with Gasteiger partial charge in [-0.2, -0.15) is 0 Å². The van der Waals surface area contributed by atoms with Gasteiger partial charge in [0.05, 0.1) is 16.8 Å². The smallest absolute Gasteiger partial charge is 0.234 e. The van der Waals surface area contributed by atoms with E-state index in [2.05, 4.69) is 21.2 Å². The number of benzene rings is 1. The molecule has 1 amide bonds. The number of hydrogen-bond donors (Lipinski definition) is 1. The van der Waals surface area contributed by atoms with E-state index in [-0.39, 0.29) is 11.3 Å². The van der Waals surface area contributed by atoms with Gasteiger partial charge in [0.25, 0.3) is 0 Å². The highest BCUT2D eigenvalue weighted by atomic mass is 79.9. The lowest BCUT2D eigenvalue weighted by Crippen LogP contribution is -2.40. The first-order valence-electron chi connectivity index (χ1n) is 5.65. The average Bonchev–Trinajstić information content (AvgIpc) is 2.30. The molecular formula is C13H17BrN2O. The maximum absolute atomic E-state index is 12.3. The third kappa shape index (κ3) is 2.06. The van der Waals surface area contributed by atoms with Crippen LogP contribution in [0.15, 0.2) is 16.6 Å². The number of aryl methyl sites for hydroxylation is 1. The Balaban J connectivity index is 2.59. The topological polar surface area (TPSA) is 32.3 Å². The third-order valence-corrected chi connectivity index (χ3v) is 3.66. The van der Waals surface area contributed by atoms with E-state index in [9.17, 15) is 4.79 Å². The van der Waals surface area contributed by atoms with Gasteiger partial charge in [-0.3, -0.25) is 4.79 Å². The van der Waals surface area contributed by atoms with Crippen LogP contribution in [0, 0.1) is 12.3 Å². The van der Waals surface area contributed by atoms with E-state index in [1.807, 2.05) is 40.0 Å². The van der Waals surface area contributed by atoms with Gasteiger partial charge in [-0.05, 0) is 38.5 Å². The predicted molar refractivity (Wildman–Crippen MR) is 74.6 cm³/mol. The molecule has 0 saturated carbocycles. The molecule has 1 aliphatic heterocycles. The van der Waals surface area contributed by atoms with E-state index in [4.69, 9.17) is 0 Å². The molecule has 0 bridgehead atoms. The quantitative estimate of drug-likeness (QED) is 0.797. The number of nitrogens with zero attached hydrogens (tertiary/aromatic N) is 1. The van der Waals surface area contributed by atoms with Gasteiger partial charge in [0.2, 0.25) is 5.91 Å². The Hall–Kier alpha value is -1.03. The van der Waals surface area contributed by atoms with Crippen molar-refractivity contribution in [1.82, 2.24) is 0 Å². The molecule has 0 radical (unpaired) electrons. The zero-order chi connectivity index (χ0) is 12.8. The average molecular weight is 297 g/mol. The zero-order valence-electron chi connectivity index (χ0n) is 10.6. The van der Waals surface area contributed by atoms with Gasteiger partial charge in [0.1, 0.15) is 0 Å². The Morgan fingerprint density at radius 2 is 2.06 bits per heavy atom. The van der Waals surface area contributed by atoms with Crippen molar-refractivity contribution >= 4 is 33.2 Å². The van der Waals surface area contributed by atoms with Crippen LogP contribution in [0.1, 0.15) is 19.4 Å². The molecule has 0 aromatic heterocycles. The lowest BCUT2D eigenvalue weighted by Gasteiger charge is -2.26. The number of carbonyl (C=O) groups is 1. The fourth-order valence-corrected chi connectivity index (χ4v) is 2.84. The first-order valence-corrected chi connectivity index (χ1v) is 6.44. The highest BCUT2D eigenvalue weighted by Gasteiger charge is 2.35. The Labute approximate surface area is 110 Å². The molecular weight excluding hydrogens is 280 g/mol.